The van der Waals surface area contributed by atoms with Crippen molar-refractivity contribution in [3.63, 3.8) is 0 Å². The lowest BCUT2D eigenvalue weighted by atomic mass is 10.2. The minimum absolute atomic E-state index is 0.142. The van der Waals surface area contributed by atoms with E-state index >= 15 is 0 Å². The van der Waals surface area contributed by atoms with Gasteiger partial charge in [-0.1, -0.05) is 18.2 Å². The van der Waals surface area contributed by atoms with Crippen LogP contribution in [0, 0.1) is 0 Å². The molecule has 0 aliphatic heterocycles. The molecule has 0 saturated heterocycles. The second-order valence-electron chi connectivity index (χ2n) is 5.63. The van der Waals surface area contributed by atoms with Crippen molar-refractivity contribution < 1.29 is 9.53 Å². The zero-order valence-electron chi connectivity index (χ0n) is 14.1. The molecule has 0 saturated carbocycles. The van der Waals surface area contributed by atoms with Gasteiger partial charge in [-0.05, 0) is 44.2 Å². The molecule has 124 valence electrons. The van der Waals surface area contributed by atoms with Crippen LogP contribution in [0.15, 0.2) is 48.5 Å². The minimum atomic E-state index is -0.198. The number of aryl methyl sites for hydroxylation is 1. The summed E-state index contributed by atoms with van der Waals surface area (Å²) in [6.07, 6.45) is 0. The number of hydrogen-bond donors (Lipinski definition) is 1. The predicted octanol–water partition coefficient (Wildman–Crippen LogP) is 3.56. The summed E-state index contributed by atoms with van der Waals surface area (Å²) >= 11 is 0. The van der Waals surface area contributed by atoms with Gasteiger partial charge in [-0.3, -0.25) is 4.79 Å². The summed E-state index contributed by atoms with van der Waals surface area (Å²) in [5.74, 6) is 1.38. The second-order valence-corrected chi connectivity index (χ2v) is 5.63. The molecule has 5 nitrogen and oxygen atoms in total. The summed E-state index contributed by atoms with van der Waals surface area (Å²) in [5.41, 5.74) is 2.59. The molecule has 0 radical (unpaired) electrons. The van der Waals surface area contributed by atoms with Crippen LogP contribution in [-0.2, 0) is 6.54 Å². The molecule has 1 N–H and O–H groups in total. The maximum atomic E-state index is 12.5. The smallest absolute Gasteiger partial charge is 0.251 e. The fourth-order valence-electron chi connectivity index (χ4n) is 2.87. The fraction of sp³-hybridized carbons (Fsp3) is 0.263. The van der Waals surface area contributed by atoms with Crippen LogP contribution in [-0.4, -0.2) is 22.6 Å². The number of carbonyl (C=O) groups excluding carboxylic acids is 1. The lowest BCUT2D eigenvalue weighted by molar-refractivity contribution is 0.0937. The molecule has 0 fully saturated rings. The quantitative estimate of drug-likeness (QED) is 0.781. The summed E-state index contributed by atoms with van der Waals surface area (Å²) in [4.78, 5) is 17.2. The first-order valence-corrected chi connectivity index (χ1v) is 8.04. The molecule has 1 atom stereocenters. The number of benzene rings is 2. The van der Waals surface area contributed by atoms with Gasteiger partial charge in [0.1, 0.15) is 11.6 Å². The van der Waals surface area contributed by atoms with Crippen LogP contribution in [0.25, 0.3) is 11.0 Å². The Balaban J connectivity index is 1.86. The van der Waals surface area contributed by atoms with E-state index in [2.05, 4.69) is 21.8 Å². The Morgan fingerprint density at radius 3 is 2.79 bits per heavy atom. The highest BCUT2D eigenvalue weighted by molar-refractivity contribution is 5.94. The molecular formula is C19H21N3O2. The molecule has 24 heavy (non-hydrogen) atoms. The number of para-hydroxylation sites is 2. The number of aromatic nitrogens is 2. The molecule has 3 rings (SSSR count). The van der Waals surface area contributed by atoms with E-state index in [0.717, 1.165) is 23.4 Å². The fourth-order valence-corrected chi connectivity index (χ4v) is 2.87. The van der Waals surface area contributed by atoms with Crippen LogP contribution in [0.3, 0.4) is 0 Å². The Kier molecular flexibility index (Phi) is 4.51. The lowest BCUT2D eigenvalue weighted by Gasteiger charge is -2.15. The van der Waals surface area contributed by atoms with E-state index < -0.39 is 0 Å². The monoisotopic (exact) mass is 323 g/mol. The highest BCUT2D eigenvalue weighted by atomic mass is 16.5. The Morgan fingerprint density at radius 1 is 1.25 bits per heavy atom. The van der Waals surface area contributed by atoms with Gasteiger partial charge in [0.15, 0.2) is 0 Å². The van der Waals surface area contributed by atoms with Crippen molar-refractivity contribution in [3.05, 3.63) is 59.9 Å². The summed E-state index contributed by atoms with van der Waals surface area (Å²) in [7, 11) is 1.59. The van der Waals surface area contributed by atoms with E-state index in [1.165, 1.54) is 0 Å². The van der Waals surface area contributed by atoms with Crippen molar-refractivity contribution >= 4 is 16.9 Å². The van der Waals surface area contributed by atoms with Gasteiger partial charge in [-0.2, -0.15) is 0 Å². The van der Waals surface area contributed by atoms with Crippen molar-refractivity contribution in [3.8, 4) is 5.75 Å². The molecule has 1 amide bonds. The van der Waals surface area contributed by atoms with Gasteiger partial charge < -0.3 is 14.6 Å². The van der Waals surface area contributed by atoms with E-state index in [9.17, 15) is 4.79 Å². The van der Waals surface area contributed by atoms with E-state index in [1.54, 1.807) is 25.3 Å². The molecule has 1 aromatic heterocycles. The third-order valence-corrected chi connectivity index (χ3v) is 4.07. The number of imidazole rings is 1. The Hall–Kier alpha value is -2.82. The first-order chi connectivity index (χ1) is 11.6. The minimum Gasteiger partial charge on any atom is -0.497 e. The number of hydrogen-bond acceptors (Lipinski definition) is 3. The maximum absolute atomic E-state index is 12.5. The molecule has 0 spiro atoms. The van der Waals surface area contributed by atoms with Crippen molar-refractivity contribution in [2.24, 2.45) is 0 Å². The molecule has 1 unspecified atom stereocenters. The van der Waals surface area contributed by atoms with Gasteiger partial charge in [-0.15, -0.1) is 0 Å². The zero-order chi connectivity index (χ0) is 17.1. The highest BCUT2D eigenvalue weighted by Gasteiger charge is 2.18. The molecule has 0 aliphatic carbocycles. The van der Waals surface area contributed by atoms with Crippen LogP contribution in [0.4, 0.5) is 0 Å². The highest BCUT2D eigenvalue weighted by Crippen LogP contribution is 2.21. The van der Waals surface area contributed by atoms with Crippen molar-refractivity contribution in [2.45, 2.75) is 26.4 Å². The van der Waals surface area contributed by atoms with Gasteiger partial charge in [0, 0.05) is 12.1 Å². The van der Waals surface area contributed by atoms with Gasteiger partial charge in [0.25, 0.3) is 5.91 Å². The summed E-state index contributed by atoms with van der Waals surface area (Å²) < 4.78 is 7.31. The number of fused-ring (bicyclic) bond motifs is 1. The molecule has 2 aromatic carbocycles. The van der Waals surface area contributed by atoms with E-state index in [1.807, 2.05) is 37.3 Å². The van der Waals surface area contributed by atoms with E-state index in [4.69, 9.17) is 4.74 Å². The molecule has 0 aliphatic rings. The van der Waals surface area contributed by atoms with E-state index in [-0.39, 0.29) is 11.9 Å². The van der Waals surface area contributed by atoms with Crippen molar-refractivity contribution in [1.82, 2.24) is 14.9 Å². The van der Waals surface area contributed by atoms with Crippen LogP contribution in [0.1, 0.15) is 36.1 Å². The van der Waals surface area contributed by atoms with Crippen molar-refractivity contribution in [2.75, 3.05) is 7.11 Å². The average molecular weight is 323 g/mol. The molecular weight excluding hydrogens is 302 g/mol. The number of nitrogens with zero attached hydrogens (tertiary/aromatic N) is 2. The summed E-state index contributed by atoms with van der Waals surface area (Å²) in [6, 6.07) is 14.9. The zero-order valence-corrected chi connectivity index (χ0v) is 14.1. The number of rotatable bonds is 5. The predicted molar refractivity (Wildman–Crippen MR) is 94.3 cm³/mol. The molecule has 3 aromatic rings. The molecule has 1 heterocycles. The van der Waals surface area contributed by atoms with Crippen LogP contribution in [0.2, 0.25) is 0 Å². The first kappa shape index (κ1) is 16.1. The SMILES string of the molecule is CCn1c(C(C)NC(=O)c2cccc(OC)c2)nc2ccccc21. The van der Waals surface area contributed by atoms with Gasteiger partial charge >= 0.3 is 0 Å². The normalized spacial score (nSPS) is 12.1. The van der Waals surface area contributed by atoms with Crippen molar-refractivity contribution in [1.29, 1.82) is 0 Å². The average Bonchev–Trinajstić information content (AvgIpc) is 3.00. The Morgan fingerprint density at radius 2 is 2.04 bits per heavy atom. The topological polar surface area (TPSA) is 56.2 Å². The molecule has 0 bridgehead atoms. The number of ether oxygens (including phenoxy) is 1. The van der Waals surface area contributed by atoms with Gasteiger partial charge in [0.05, 0.1) is 24.2 Å². The third-order valence-electron chi connectivity index (χ3n) is 4.07. The van der Waals surface area contributed by atoms with Crippen LogP contribution in [0.5, 0.6) is 5.75 Å². The van der Waals surface area contributed by atoms with Crippen LogP contribution >= 0.6 is 0 Å². The Bertz CT molecular complexity index is 870. The largest absolute Gasteiger partial charge is 0.497 e. The lowest BCUT2D eigenvalue weighted by Crippen LogP contribution is -2.28. The first-order valence-electron chi connectivity index (χ1n) is 8.04. The van der Waals surface area contributed by atoms with Gasteiger partial charge in [0.2, 0.25) is 0 Å². The molecule has 5 heteroatoms. The maximum Gasteiger partial charge on any atom is 0.251 e. The number of amides is 1. The van der Waals surface area contributed by atoms with Crippen LogP contribution < -0.4 is 10.1 Å². The number of carbonyl (C=O) groups is 1. The van der Waals surface area contributed by atoms with Gasteiger partial charge in [-0.25, -0.2) is 4.98 Å². The third kappa shape index (κ3) is 2.97. The second kappa shape index (κ2) is 6.74. The summed E-state index contributed by atoms with van der Waals surface area (Å²) in [6.45, 7) is 4.83. The summed E-state index contributed by atoms with van der Waals surface area (Å²) in [5, 5.41) is 3.02. The standard InChI is InChI=1S/C19H21N3O2/c1-4-22-17-11-6-5-10-16(17)21-18(22)13(2)20-19(23)14-8-7-9-15(12-14)24-3/h5-13H,4H2,1-3H3,(H,20,23). The number of methoxy groups -OCH3 is 1. The van der Waals surface area contributed by atoms with E-state index in [0.29, 0.717) is 11.3 Å². The number of nitrogens with one attached hydrogen (secondary N) is 1. The Labute approximate surface area is 141 Å².